The molecule has 0 saturated carbocycles. The van der Waals surface area contributed by atoms with Crippen LogP contribution >= 0.6 is 0 Å². The zero-order valence-electron chi connectivity index (χ0n) is 13.1. The summed E-state index contributed by atoms with van der Waals surface area (Å²) in [4.78, 5) is 16.0. The molecule has 0 aromatic rings. The molecule has 4 heteroatoms. The number of nitrogens with zero attached hydrogens (tertiary/aromatic N) is 2. The van der Waals surface area contributed by atoms with Crippen molar-refractivity contribution < 1.29 is 9.90 Å². The van der Waals surface area contributed by atoms with E-state index in [1.165, 1.54) is 45.4 Å². The van der Waals surface area contributed by atoms with Crippen LogP contribution in [0.2, 0.25) is 0 Å². The molecule has 2 heterocycles. The molecule has 1 atom stereocenters. The zero-order valence-corrected chi connectivity index (χ0v) is 13.1. The van der Waals surface area contributed by atoms with Crippen LogP contribution in [0.3, 0.4) is 0 Å². The Balaban J connectivity index is 1.76. The van der Waals surface area contributed by atoms with Gasteiger partial charge in [0.05, 0.1) is 0 Å². The highest BCUT2D eigenvalue weighted by molar-refractivity contribution is 5.67. The van der Waals surface area contributed by atoms with Crippen molar-refractivity contribution in [3.05, 3.63) is 0 Å². The van der Waals surface area contributed by atoms with E-state index in [0.717, 1.165) is 18.9 Å². The van der Waals surface area contributed by atoms with Crippen LogP contribution in [0.25, 0.3) is 0 Å². The molecule has 0 bridgehead atoms. The number of hydrogen-bond acceptors (Lipinski definition) is 3. The zero-order chi connectivity index (χ0) is 14.5. The second-order valence-electron chi connectivity index (χ2n) is 7.03. The first-order valence-corrected chi connectivity index (χ1v) is 8.22. The van der Waals surface area contributed by atoms with Gasteiger partial charge in [-0.05, 0) is 57.2 Å². The predicted octanol–water partition coefficient (Wildman–Crippen LogP) is 2.29. The van der Waals surface area contributed by atoms with Crippen molar-refractivity contribution in [1.82, 2.24) is 9.80 Å². The topological polar surface area (TPSA) is 43.8 Å². The minimum atomic E-state index is -0.636. The van der Waals surface area contributed by atoms with Crippen molar-refractivity contribution in [1.29, 1.82) is 0 Å². The van der Waals surface area contributed by atoms with Crippen molar-refractivity contribution in [3.8, 4) is 0 Å². The minimum absolute atomic E-state index is 0.350. The summed E-state index contributed by atoms with van der Waals surface area (Å²) >= 11 is 0. The van der Waals surface area contributed by atoms with Gasteiger partial charge >= 0.3 is 5.97 Å². The van der Waals surface area contributed by atoms with Gasteiger partial charge < -0.3 is 14.9 Å². The molecule has 2 rings (SSSR count). The van der Waals surface area contributed by atoms with Crippen LogP contribution in [0.1, 0.15) is 46.0 Å². The Morgan fingerprint density at radius 3 is 2.50 bits per heavy atom. The summed E-state index contributed by atoms with van der Waals surface area (Å²) < 4.78 is 0. The number of carboxylic acid groups (broad SMARTS) is 1. The molecule has 1 unspecified atom stereocenters. The summed E-state index contributed by atoms with van der Waals surface area (Å²) in [6.07, 6.45) is 5.13. The van der Waals surface area contributed by atoms with E-state index in [0.29, 0.717) is 18.4 Å². The van der Waals surface area contributed by atoms with Gasteiger partial charge in [-0.2, -0.15) is 0 Å². The van der Waals surface area contributed by atoms with Gasteiger partial charge in [0, 0.05) is 25.6 Å². The number of likely N-dealkylation sites (tertiary alicyclic amines) is 2. The molecule has 0 radical (unpaired) electrons. The molecular formula is C16H30N2O2. The number of carboxylic acids is 1. The van der Waals surface area contributed by atoms with Gasteiger partial charge in [0.15, 0.2) is 0 Å². The monoisotopic (exact) mass is 282 g/mol. The lowest BCUT2D eigenvalue weighted by molar-refractivity contribution is -0.138. The summed E-state index contributed by atoms with van der Waals surface area (Å²) in [7, 11) is 0. The van der Waals surface area contributed by atoms with Crippen LogP contribution < -0.4 is 0 Å². The van der Waals surface area contributed by atoms with E-state index in [9.17, 15) is 4.79 Å². The van der Waals surface area contributed by atoms with Gasteiger partial charge in [0.2, 0.25) is 0 Å². The normalized spacial score (nSPS) is 27.1. The Hall–Kier alpha value is -0.610. The quantitative estimate of drug-likeness (QED) is 0.840. The fourth-order valence-corrected chi connectivity index (χ4v) is 3.83. The number of carbonyl (C=O) groups is 1. The number of aliphatic carboxylic acids is 1. The summed E-state index contributed by atoms with van der Waals surface area (Å²) in [5, 5.41) is 8.96. The van der Waals surface area contributed by atoms with Crippen molar-refractivity contribution in [2.24, 2.45) is 11.8 Å². The third kappa shape index (κ3) is 4.74. The molecule has 0 spiro atoms. The molecule has 1 N–H and O–H groups in total. The molecule has 0 aliphatic carbocycles. The number of rotatable bonds is 5. The fourth-order valence-electron chi connectivity index (χ4n) is 3.83. The SMILES string of the molecule is CC(C)CN1CCC(N2CCCC(CC(=O)O)C2)CC1. The first kappa shape index (κ1) is 15.8. The Kier molecular flexibility index (Phi) is 5.85. The molecule has 2 aliphatic rings. The van der Waals surface area contributed by atoms with E-state index in [1.54, 1.807) is 0 Å². The van der Waals surface area contributed by atoms with Crippen LogP contribution in [-0.4, -0.2) is 59.6 Å². The molecule has 0 aromatic carbocycles. The summed E-state index contributed by atoms with van der Waals surface area (Å²) in [5.74, 6) is 0.486. The van der Waals surface area contributed by atoms with E-state index in [2.05, 4.69) is 23.6 Å². The predicted molar refractivity (Wildman–Crippen MR) is 80.8 cm³/mol. The average molecular weight is 282 g/mol. The van der Waals surface area contributed by atoms with E-state index in [1.807, 2.05) is 0 Å². The second-order valence-corrected chi connectivity index (χ2v) is 7.03. The lowest BCUT2D eigenvalue weighted by Gasteiger charge is -2.42. The third-order valence-electron chi connectivity index (χ3n) is 4.71. The van der Waals surface area contributed by atoms with Crippen molar-refractivity contribution in [3.63, 3.8) is 0 Å². The van der Waals surface area contributed by atoms with Crippen LogP contribution in [-0.2, 0) is 4.79 Å². The van der Waals surface area contributed by atoms with Crippen molar-refractivity contribution >= 4 is 5.97 Å². The second kappa shape index (κ2) is 7.41. The first-order valence-electron chi connectivity index (χ1n) is 8.22. The molecule has 2 fully saturated rings. The van der Waals surface area contributed by atoms with E-state index in [4.69, 9.17) is 5.11 Å². The lowest BCUT2D eigenvalue weighted by atomic mass is 9.91. The largest absolute Gasteiger partial charge is 0.481 e. The molecule has 2 aliphatic heterocycles. The molecule has 116 valence electrons. The van der Waals surface area contributed by atoms with Gasteiger partial charge in [0.1, 0.15) is 0 Å². The van der Waals surface area contributed by atoms with Crippen LogP contribution in [0, 0.1) is 11.8 Å². The molecule has 2 saturated heterocycles. The van der Waals surface area contributed by atoms with Gasteiger partial charge in [-0.3, -0.25) is 4.79 Å². The van der Waals surface area contributed by atoms with Gasteiger partial charge in [-0.1, -0.05) is 13.8 Å². The molecule has 4 nitrogen and oxygen atoms in total. The van der Waals surface area contributed by atoms with Gasteiger partial charge in [-0.15, -0.1) is 0 Å². The molecule has 0 aromatic heterocycles. The molecular weight excluding hydrogens is 252 g/mol. The lowest BCUT2D eigenvalue weighted by Crippen LogP contribution is -2.49. The van der Waals surface area contributed by atoms with E-state index < -0.39 is 5.97 Å². The maximum absolute atomic E-state index is 10.9. The fraction of sp³-hybridized carbons (Fsp3) is 0.938. The minimum Gasteiger partial charge on any atom is -0.481 e. The Morgan fingerprint density at radius 2 is 1.90 bits per heavy atom. The highest BCUT2D eigenvalue weighted by atomic mass is 16.4. The summed E-state index contributed by atoms with van der Waals surface area (Å²) in [5.41, 5.74) is 0. The highest BCUT2D eigenvalue weighted by Crippen LogP contribution is 2.25. The van der Waals surface area contributed by atoms with Crippen LogP contribution in [0.15, 0.2) is 0 Å². The van der Waals surface area contributed by atoms with Crippen molar-refractivity contribution in [2.45, 2.75) is 52.0 Å². The first-order chi connectivity index (χ1) is 9.54. The Morgan fingerprint density at radius 1 is 1.20 bits per heavy atom. The number of piperidine rings is 2. The third-order valence-corrected chi connectivity index (χ3v) is 4.71. The maximum Gasteiger partial charge on any atom is 0.303 e. The average Bonchev–Trinajstić information content (AvgIpc) is 2.38. The Labute approximate surface area is 123 Å². The van der Waals surface area contributed by atoms with Crippen LogP contribution in [0.5, 0.6) is 0 Å². The Bertz CT molecular complexity index is 312. The van der Waals surface area contributed by atoms with Crippen LogP contribution in [0.4, 0.5) is 0 Å². The van der Waals surface area contributed by atoms with Gasteiger partial charge in [-0.25, -0.2) is 0 Å². The molecule has 20 heavy (non-hydrogen) atoms. The van der Waals surface area contributed by atoms with E-state index >= 15 is 0 Å². The highest BCUT2D eigenvalue weighted by Gasteiger charge is 2.29. The van der Waals surface area contributed by atoms with E-state index in [-0.39, 0.29) is 0 Å². The summed E-state index contributed by atoms with van der Waals surface area (Å²) in [6, 6.07) is 0.690. The molecule has 0 amide bonds. The standard InChI is InChI=1S/C16H30N2O2/c1-13(2)11-17-8-5-15(6-9-17)18-7-3-4-14(12-18)10-16(19)20/h13-15H,3-12H2,1-2H3,(H,19,20). The smallest absolute Gasteiger partial charge is 0.303 e. The number of hydrogen-bond donors (Lipinski definition) is 1. The maximum atomic E-state index is 10.9. The van der Waals surface area contributed by atoms with Crippen molar-refractivity contribution in [2.75, 3.05) is 32.7 Å². The van der Waals surface area contributed by atoms with Gasteiger partial charge in [0.25, 0.3) is 0 Å². The summed E-state index contributed by atoms with van der Waals surface area (Å²) in [6.45, 7) is 10.4.